The van der Waals surface area contributed by atoms with Crippen molar-refractivity contribution in [3.05, 3.63) is 64.6 Å². The summed E-state index contributed by atoms with van der Waals surface area (Å²) in [5.74, 6) is -0.321. The van der Waals surface area contributed by atoms with Crippen molar-refractivity contribution in [3.63, 3.8) is 0 Å². The number of amides is 1. The third-order valence-electron chi connectivity index (χ3n) is 4.29. The van der Waals surface area contributed by atoms with Crippen LogP contribution in [-0.2, 0) is 11.3 Å². The molecule has 1 heterocycles. The summed E-state index contributed by atoms with van der Waals surface area (Å²) in [5, 5.41) is 3.28. The van der Waals surface area contributed by atoms with Crippen LogP contribution in [0, 0.1) is 0 Å². The fourth-order valence-electron chi connectivity index (χ4n) is 2.74. The van der Waals surface area contributed by atoms with Gasteiger partial charge in [0.1, 0.15) is 0 Å². The third-order valence-corrected chi connectivity index (χ3v) is 4.49. The lowest BCUT2D eigenvalue weighted by atomic mass is 10.0. The standard InChI is InChI=1S/C20H22N4O3S/c1-13(2)14-7-9-15(10-8-14)21-19(28)23-22-18(25)11-12-24-16-5-3-4-6-17(16)27-20(24)26/h3-10,13H,11-12H2,1-2H3,(H,22,25)(H2,21,23,28). The molecule has 0 fully saturated rings. The Labute approximate surface area is 167 Å². The topological polar surface area (TPSA) is 88.3 Å². The van der Waals surface area contributed by atoms with E-state index in [0.717, 1.165) is 5.69 Å². The van der Waals surface area contributed by atoms with Gasteiger partial charge in [-0.05, 0) is 48.0 Å². The van der Waals surface area contributed by atoms with E-state index in [0.29, 0.717) is 17.0 Å². The van der Waals surface area contributed by atoms with Crippen LogP contribution in [0.3, 0.4) is 0 Å². The molecule has 146 valence electrons. The van der Waals surface area contributed by atoms with Crippen LogP contribution in [0.1, 0.15) is 31.7 Å². The summed E-state index contributed by atoms with van der Waals surface area (Å²) in [7, 11) is 0. The van der Waals surface area contributed by atoms with Crippen LogP contribution in [0.5, 0.6) is 0 Å². The smallest absolute Gasteiger partial charge is 0.408 e. The van der Waals surface area contributed by atoms with Crippen LogP contribution in [-0.4, -0.2) is 15.6 Å². The first-order valence-electron chi connectivity index (χ1n) is 8.98. The molecule has 0 bridgehead atoms. The first kappa shape index (κ1) is 19.6. The molecule has 0 aliphatic heterocycles. The van der Waals surface area contributed by atoms with Crippen molar-refractivity contribution in [3.8, 4) is 0 Å². The number of fused-ring (bicyclic) bond motifs is 1. The monoisotopic (exact) mass is 398 g/mol. The van der Waals surface area contributed by atoms with Gasteiger partial charge < -0.3 is 9.73 Å². The maximum Gasteiger partial charge on any atom is 0.419 e. The molecule has 3 rings (SSSR count). The highest BCUT2D eigenvalue weighted by molar-refractivity contribution is 7.80. The van der Waals surface area contributed by atoms with Crippen molar-refractivity contribution in [2.75, 3.05) is 5.32 Å². The number of aromatic nitrogens is 1. The molecule has 2 aromatic carbocycles. The van der Waals surface area contributed by atoms with Crippen molar-refractivity contribution in [1.82, 2.24) is 15.4 Å². The first-order chi connectivity index (χ1) is 13.4. The summed E-state index contributed by atoms with van der Waals surface area (Å²) in [4.78, 5) is 24.0. The van der Waals surface area contributed by atoms with Gasteiger partial charge in [-0.3, -0.25) is 20.2 Å². The highest BCUT2D eigenvalue weighted by Crippen LogP contribution is 2.17. The van der Waals surface area contributed by atoms with Gasteiger partial charge in [0, 0.05) is 18.7 Å². The van der Waals surface area contributed by atoms with E-state index < -0.39 is 5.76 Å². The summed E-state index contributed by atoms with van der Waals surface area (Å²) in [6, 6.07) is 15.0. The number of carbonyl (C=O) groups is 1. The molecule has 1 amide bonds. The minimum atomic E-state index is -0.482. The predicted octanol–water partition coefficient (Wildman–Crippen LogP) is 3.13. The Morgan fingerprint density at radius 2 is 1.82 bits per heavy atom. The van der Waals surface area contributed by atoms with E-state index in [4.69, 9.17) is 16.6 Å². The van der Waals surface area contributed by atoms with Gasteiger partial charge in [-0.1, -0.05) is 38.1 Å². The molecule has 0 saturated carbocycles. The van der Waals surface area contributed by atoms with Gasteiger partial charge in [-0.25, -0.2) is 4.79 Å². The number of hydrazine groups is 1. The second kappa shape index (κ2) is 8.71. The Morgan fingerprint density at radius 3 is 2.54 bits per heavy atom. The molecule has 3 aromatic rings. The lowest BCUT2D eigenvalue weighted by Crippen LogP contribution is -2.44. The molecule has 0 saturated heterocycles. The average Bonchev–Trinajstić information content (AvgIpc) is 3.00. The molecule has 8 heteroatoms. The summed E-state index contributed by atoms with van der Waals surface area (Å²) in [5.41, 5.74) is 8.41. The van der Waals surface area contributed by atoms with E-state index in [2.05, 4.69) is 30.0 Å². The quantitative estimate of drug-likeness (QED) is 0.452. The van der Waals surface area contributed by atoms with Gasteiger partial charge >= 0.3 is 5.76 Å². The number of thiocarbonyl (C=S) groups is 1. The fraction of sp³-hybridized carbons (Fsp3) is 0.250. The van der Waals surface area contributed by atoms with Crippen LogP contribution in [0.4, 0.5) is 5.69 Å². The second-order valence-electron chi connectivity index (χ2n) is 6.64. The Hall–Kier alpha value is -3.13. The highest BCUT2D eigenvalue weighted by atomic mass is 32.1. The molecule has 3 N–H and O–H groups in total. The molecule has 7 nitrogen and oxygen atoms in total. The van der Waals surface area contributed by atoms with Gasteiger partial charge in [0.15, 0.2) is 10.7 Å². The van der Waals surface area contributed by atoms with Gasteiger partial charge in [0.25, 0.3) is 0 Å². The average molecular weight is 398 g/mol. The molecule has 28 heavy (non-hydrogen) atoms. The Balaban J connectivity index is 1.48. The van der Waals surface area contributed by atoms with E-state index >= 15 is 0 Å². The molecule has 0 radical (unpaired) electrons. The normalized spacial score (nSPS) is 10.8. The van der Waals surface area contributed by atoms with Crippen molar-refractivity contribution < 1.29 is 9.21 Å². The number of nitrogens with zero attached hydrogens (tertiary/aromatic N) is 1. The molecule has 0 aliphatic rings. The molecule has 0 atom stereocenters. The number of benzene rings is 2. The van der Waals surface area contributed by atoms with E-state index in [1.807, 2.05) is 30.3 Å². The van der Waals surface area contributed by atoms with Crippen LogP contribution >= 0.6 is 12.2 Å². The minimum Gasteiger partial charge on any atom is -0.408 e. The molecular weight excluding hydrogens is 376 g/mol. The zero-order valence-electron chi connectivity index (χ0n) is 15.7. The van der Waals surface area contributed by atoms with E-state index in [-0.39, 0.29) is 24.0 Å². The maximum atomic E-state index is 12.1. The number of hydrogen-bond acceptors (Lipinski definition) is 4. The molecule has 0 spiro atoms. The molecular formula is C20H22N4O3S. The number of rotatable bonds is 5. The lowest BCUT2D eigenvalue weighted by Gasteiger charge is -2.12. The van der Waals surface area contributed by atoms with E-state index in [1.54, 1.807) is 18.2 Å². The van der Waals surface area contributed by atoms with E-state index in [9.17, 15) is 9.59 Å². The number of aryl methyl sites for hydroxylation is 1. The number of para-hydroxylation sites is 2. The Kier molecular flexibility index (Phi) is 6.10. The van der Waals surface area contributed by atoms with Crippen molar-refractivity contribution in [2.24, 2.45) is 0 Å². The molecule has 0 unspecified atom stereocenters. The number of oxazole rings is 1. The van der Waals surface area contributed by atoms with Crippen molar-refractivity contribution in [1.29, 1.82) is 0 Å². The van der Waals surface area contributed by atoms with Gasteiger partial charge in [0.05, 0.1) is 5.52 Å². The second-order valence-corrected chi connectivity index (χ2v) is 7.05. The lowest BCUT2D eigenvalue weighted by molar-refractivity contribution is -0.121. The van der Waals surface area contributed by atoms with Gasteiger partial charge in [0.2, 0.25) is 5.91 Å². The van der Waals surface area contributed by atoms with Crippen molar-refractivity contribution in [2.45, 2.75) is 32.7 Å². The van der Waals surface area contributed by atoms with Crippen LogP contribution in [0.2, 0.25) is 0 Å². The first-order valence-corrected chi connectivity index (χ1v) is 9.39. The van der Waals surface area contributed by atoms with Crippen LogP contribution < -0.4 is 21.9 Å². The summed E-state index contributed by atoms with van der Waals surface area (Å²) < 4.78 is 6.58. The van der Waals surface area contributed by atoms with Gasteiger partial charge in [-0.15, -0.1) is 0 Å². The zero-order chi connectivity index (χ0) is 20.1. The molecule has 1 aromatic heterocycles. The fourth-order valence-corrected chi connectivity index (χ4v) is 2.91. The Bertz CT molecular complexity index is 1040. The largest absolute Gasteiger partial charge is 0.419 e. The van der Waals surface area contributed by atoms with Crippen molar-refractivity contribution >= 4 is 40.0 Å². The zero-order valence-corrected chi connectivity index (χ0v) is 16.5. The number of hydrogen-bond donors (Lipinski definition) is 3. The minimum absolute atomic E-state index is 0.0993. The predicted molar refractivity (Wildman–Crippen MR) is 113 cm³/mol. The number of carbonyl (C=O) groups excluding carboxylic acids is 1. The Morgan fingerprint density at radius 1 is 1.11 bits per heavy atom. The summed E-state index contributed by atoms with van der Waals surface area (Å²) >= 11 is 5.18. The summed E-state index contributed by atoms with van der Waals surface area (Å²) in [6.45, 7) is 4.47. The third kappa shape index (κ3) is 4.77. The summed E-state index contributed by atoms with van der Waals surface area (Å²) in [6.07, 6.45) is 0.0993. The highest BCUT2D eigenvalue weighted by Gasteiger charge is 2.10. The van der Waals surface area contributed by atoms with Crippen LogP contribution in [0.25, 0.3) is 11.1 Å². The van der Waals surface area contributed by atoms with Gasteiger partial charge in [-0.2, -0.15) is 0 Å². The maximum absolute atomic E-state index is 12.1. The number of anilines is 1. The van der Waals surface area contributed by atoms with Crippen LogP contribution in [0.15, 0.2) is 57.7 Å². The number of nitrogens with one attached hydrogen (secondary N) is 3. The SMILES string of the molecule is CC(C)c1ccc(NC(=S)NNC(=O)CCn2c(=O)oc3ccccc32)cc1. The van der Waals surface area contributed by atoms with E-state index in [1.165, 1.54) is 10.1 Å². The molecule has 0 aliphatic carbocycles.